The Morgan fingerprint density at radius 3 is 2.52 bits per heavy atom. The number of aromatic amines is 1. The van der Waals surface area contributed by atoms with Gasteiger partial charge in [0.05, 0.1) is 13.2 Å². The van der Waals surface area contributed by atoms with Crippen LogP contribution in [0.25, 0.3) is 10.9 Å². The molecule has 5 heteroatoms. The highest BCUT2D eigenvalue weighted by Crippen LogP contribution is 2.49. The summed E-state index contributed by atoms with van der Waals surface area (Å²) in [6.07, 6.45) is 2.81. The van der Waals surface area contributed by atoms with E-state index in [0.29, 0.717) is 6.61 Å². The van der Waals surface area contributed by atoms with Gasteiger partial charge < -0.3 is 14.5 Å². The molecule has 4 aromatic carbocycles. The summed E-state index contributed by atoms with van der Waals surface area (Å²) in [5, 5.41) is 1.29. The molecule has 2 atom stereocenters. The van der Waals surface area contributed by atoms with E-state index in [9.17, 15) is 4.39 Å². The van der Waals surface area contributed by atoms with Crippen LogP contribution in [0.1, 0.15) is 58.1 Å². The van der Waals surface area contributed by atoms with Gasteiger partial charge in [0.2, 0.25) is 0 Å². The quantitative estimate of drug-likeness (QED) is 0.243. The molecule has 3 heterocycles. The summed E-state index contributed by atoms with van der Waals surface area (Å²) in [5.74, 6) is 1.33. The van der Waals surface area contributed by atoms with E-state index in [1.54, 1.807) is 19.2 Å². The molecule has 0 bridgehead atoms. The lowest BCUT2D eigenvalue weighted by Gasteiger charge is -2.46. The Morgan fingerprint density at radius 1 is 0.925 bits per heavy atom. The van der Waals surface area contributed by atoms with Gasteiger partial charge in [-0.25, -0.2) is 4.39 Å². The Kier molecular flexibility index (Phi) is 6.32. The molecule has 7 rings (SSSR count). The predicted octanol–water partition coefficient (Wildman–Crippen LogP) is 7.70. The van der Waals surface area contributed by atoms with Gasteiger partial charge in [0.15, 0.2) is 11.5 Å². The zero-order chi connectivity index (χ0) is 27.2. The summed E-state index contributed by atoms with van der Waals surface area (Å²) in [6.45, 7) is 3.59. The maximum absolute atomic E-state index is 14.0. The third kappa shape index (κ3) is 4.25. The number of methoxy groups -OCH3 is 1. The maximum Gasteiger partial charge on any atom is 0.162 e. The lowest BCUT2D eigenvalue weighted by Crippen LogP contribution is -2.43. The third-order valence-electron chi connectivity index (χ3n) is 8.66. The van der Waals surface area contributed by atoms with Gasteiger partial charge in [-0.05, 0) is 89.0 Å². The molecule has 202 valence electrons. The van der Waals surface area contributed by atoms with Crippen molar-refractivity contribution in [3.05, 3.63) is 130 Å². The first kappa shape index (κ1) is 24.9. The van der Waals surface area contributed by atoms with E-state index in [1.165, 1.54) is 33.3 Å². The second-order valence-electron chi connectivity index (χ2n) is 10.9. The summed E-state index contributed by atoms with van der Waals surface area (Å²) in [6, 6.07) is 28.6. The molecule has 0 amide bonds. The molecule has 1 N–H and O–H groups in total. The monoisotopic (exact) mass is 532 g/mol. The van der Waals surface area contributed by atoms with E-state index in [4.69, 9.17) is 9.47 Å². The minimum absolute atomic E-state index is 0.00997. The van der Waals surface area contributed by atoms with Crippen molar-refractivity contribution in [2.75, 3.05) is 13.7 Å². The van der Waals surface area contributed by atoms with E-state index < -0.39 is 0 Å². The molecule has 0 radical (unpaired) electrons. The number of fused-ring (bicyclic) bond motifs is 6. The zero-order valence-corrected chi connectivity index (χ0v) is 22.9. The van der Waals surface area contributed by atoms with Gasteiger partial charge in [0, 0.05) is 29.2 Å². The van der Waals surface area contributed by atoms with Crippen LogP contribution < -0.4 is 9.47 Å². The molecule has 5 aromatic rings. The molecule has 2 unspecified atom stereocenters. The number of hydrogen-bond acceptors (Lipinski definition) is 3. The summed E-state index contributed by atoms with van der Waals surface area (Å²) in [7, 11) is 1.71. The van der Waals surface area contributed by atoms with Crippen LogP contribution in [-0.4, -0.2) is 23.5 Å². The fourth-order valence-corrected chi connectivity index (χ4v) is 6.62. The van der Waals surface area contributed by atoms with Gasteiger partial charge >= 0.3 is 0 Å². The van der Waals surface area contributed by atoms with Gasteiger partial charge in [-0.1, -0.05) is 55.5 Å². The minimum atomic E-state index is -0.211. The van der Waals surface area contributed by atoms with Crippen LogP contribution in [0.2, 0.25) is 0 Å². The van der Waals surface area contributed by atoms with Gasteiger partial charge in [-0.15, -0.1) is 0 Å². The standard InChI is InChI=1S/C35H33FN2O2/c1-3-22-9-14-30-28(17-22)29-19-31-27-20-33(40-21-23-7-5-4-6-8-23)32(39-2)18-25(27)15-16-38(31)35(34(29)37-30)24-10-12-26(36)13-11-24/h4-14,17-18,20,31,35,37H,3,15-16,19,21H2,1-2H3. The molecule has 1 aromatic heterocycles. The SMILES string of the molecule is CCc1ccc2[nH]c3c(c2c1)CC1c2cc(OCc4ccccc4)c(OC)cc2CCN1C3c1ccc(F)cc1. The number of nitrogens with zero attached hydrogens (tertiary/aromatic N) is 1. The fraction of sp³-hybridized carbons (Fsp3) is 0.257. The Hall–Kier alpha value is -4.09. The Morgan fingerprint density at radius 2 is 1.75 bits per heavy atom. The number of benzene rings is 4. The highest BCUT2D eigenvalue weighted by Gasteiger charge is 2.41. The number of aromatic nitrogens is 1. The number of hydrogen-bond donors (Lipinski definition) is 1. The number of halogens is 1. The van der Waals surface area contributed by atoms with Crippen LogP contribution in [0, 0.1) is 5.82 Å². The Balaban J connectivity index is 1.35. The lowest BCUT2D eigenvalue weighted by atomic mass is 9.80. The van der Waals surface area contributed by atoms with Gasteiger partial charge in [0.25, 0.3) is 0 Å². The van der Waals surface area contributed by atoms with E-state index >= 15 is 0 Å². The van der Waals surface area contributed by atoms with E-state index in [0.717, 1.165) is 53.9 Å². The number of nitrogens with one attached hydrogen (secondary N) is 1. The van der Waals surface area contributed by atoms with Crippen molar-refractivity contribution in [3.63, 3.8) is 0 Å². The predicted molar refractivity (Wildman–Crippen MR) is 157 cm³/mol. The summed E-state index contributed by atoms with van der Waals surface area (Å²) in [4.78, 5) is 6.36. The molecule has 0 saturated heterocycles. The van der Waals surface area contributed by atoms with Crippen molar-refractivity contribution in [2.45, 2.75) is 44.9 Å². The smallest absolute Gasteiger partial charge is 0.162 e. The van der Waals surface area contributed by atoms with Crippen molar-refractivity contribution in [1.82, 2.24) is 9.88 Å². The molecule has 0 aliphatic carbocycles. The number of H-pyrrole nitrogens is 1. The maximum atomic E-state index is 14.0. The van der Waals surface area contributed by atoms with Crippen LogP contribution in [0.3, 0.4) is 0 Å². The van der Waals surface area contributed by atoms with Crippen molar-refractivity contribution < 1.29 is 13.9 Å². The Bertz CT molecular complexity index is 1680. The molecular weight excluding hydrogens is 499 g/mol. The van der Waals surface area contributed by atoms with Crippen molar-refractivity contribution in [1.29, 1.82) is 0 Å². The second kappa shape index (κ2) is 10.1. The van der Waals surface area contributed by atoms with Crippen LogP contribution >= 0.6 is 0 Å². The molecule has 2 aliphatic heterocycles. The van der Waals surface area contributed by atoms with Gasteiger partial charge in [-0.3, -0.25) is 4.90 Å². The molecular formula is C35H33FN2O2. The van der Waals surface area contributed by atoms with Crippen LogP contribution in [0.15, 0.2) is 84.9 Å². The first-order valence-electron chi connectivity index (χ1n) is 14.1. The van der Waals surface area contributed by atoms with Crippen molar-refractivity contribution >= 4 is 10.9 Å². The van der Waals surface area contributed by atoms with Crippen LogP contribution in [0.4, 0.5) is 4.39 Å². The topological polar surface area (TPSA) is 37.5 Å². The first-order valence-corrected chi connectivity index (χ1v) is 14.1. The van der Waals surface area contributed by atoms with Crippen LogP contribution in [0.5, 0.6) is 11.5 Å². The third-order valence-corrected chi connectivity index (χ3v) is 8.66. The first-order chi connectivity index (χ1) is 19.6. The van der Waals surface area contributed by atoms with Gasteiger partial charge in [0.1, 0.15) is 12.4 Å². The minimum Gasteiger partial charge on any atom is -0.493 e. The molecule has 0 spiro atoms. The van der Waals surface area contributed by atoms with E-state index in [2.05, 4.69) is 59.3 Å². The molecule has 2 aliphatic rings. The average Bonchev–Trinajstić information content (AvgIpc) is 3.36. The summed E-state index contributed by atoms with van der Waals surface area (Å²) >= 11 is 0. The van der Waals surface area contributed by atoms with Crippen LogP contribution in [-0.2, 0) is 25.9 Å². The highest BCUT2D eigenvalue weighted by molar-refractivity contribution is 5.86. The summed E-state index contributed by atoms with van der Waals surface area (Å²) in [5.41, 5.74) is 9.89. The van der Waals surface area contributed by atoms with Crippen molar-refractivity contribution in [2.24, 2.45) is 0 Å². The van der Waals surface area contributed by atoms with Gasteiger partial charge in [-0.2, -0.15) is 0 Å². The number of rotatable bonds is 6. The lowest BCUT2D eigenvalue weighted by molar-refractivity contribution is 0.127. The zero-order valence-electron chi connectivity index (χ0n) is 22.9. The Labute approximate surface area is 234 Å². The molecule has 4 nitrogen and oxygen atoms in total. The number of ether oxygens (including phenoxy) is 2. The highest BCUT2D eigenvalue weighted by atomic mass is 19.1. The average molecular weight is 533 g/mol. The van der Waals surface area contributed by atoms with E-state index in [1.807, 2.05) is 30.3 Å². The number of aryl methyl sites for hydroxylation is 1. The van der Waals surface area contributed by atoms with E-state index in [-0.39, 0.29) is 17.9 Å². The molecule has 0 fully saturated rings. The second-order valence-corrected chi connectivity index (χ2v) is 10.9. The normalized spacial score (nSPS) is 18.2. The molecule has 0 saturated carbocycles. The van der Waals surface area contributed by atoms with Crippen molar-refractivity contribution in [3.8, 4) is 11.5 Å². The molecule has 40 heavy (non-hydrogen) atoms. The fourth-order valence-electron chi connectivity index (χ4n) is 6.62. The summed E-state index contributed by atoms with van der Waals surface area (Å²) < 4.78 is 26.1. The largest absolute Gasteiger partial charge is 0.493 e.